The minimum Gasteiger partial charge on any atom is -0.323 e. The number of pyridine rings is 1. The van der Waals surface area contributed by atoms with Crippen LogP contribution in [0, 0.1) is 0 Å². The third-order valence-electron chi connectivity index (χ3n) is 1.96. The van der Waals surface area contributed by atoms with Gasteiger partial charge in [-0.1, -0.05) is 6.07 Å². The summed E-state index contributed by atoms with van der Waals surface area (Å²) in [5.41, 5.74) is 6.58. The van der Waals surface area contributed by atoms with Crippen LogP contribution in [0.3, 0.4) is 0 Å². The van der Waals surface area contributed by atoms with Crippen LogP contribution in [-0.2, 0) is 0 Å². The maximum Gasteiger partial charge on any atom is 0.153 e. The molecule has 0 aliphatic heterocycles. The average molecular weight is 188 g/mol. The summed E-state index contributed by atoms with van der Waals surface area (Å²) < 4.78 is 1.72. The van der Waals surface area contributed by atoms with Crippen molar-refractivity contribution in [3.8, 4) is 5.82 Å². The lowest BCUT2D eigenvalue weighted by Crippen LogP contribution is -2.07. The summed E-state index contributed by atoms with van der Waals surface area (Å²) in [6, 6.07) is 7.56. The molecule has 4 heteroatoms. The molecule has 0 saturated heterocycles. The van der Waals surface area contributed by atoms with Crippen molar-refractivity contribution in [1.82, 2.24) is 14.8 Å². The Morgan fingerprint density at radius 1 is 1.36 bits per heavy atom. The molecule has 0 amide bonds. The van der Waals surface area contributed by atoms with Crippen LogP contribution in [0.1, 0.15) is 18.7 Å². The summed E-state index contributed by atoms with van der Waals surface area (Å²) in [6.07, 6.45) is 3.60. The second-order valence-electron chi connectivity index (χ2n) is 3.16. The highest BCUT2D eigenvalue weighted by molar-refractivity contribution is 5.21. The van der Waals surface area contributed by atoms with Gasteiger partial charge in [-0.3, -0.25) is 0 Å². The standard InChI is InChI=1S/C10H12N4/c1-8(11)9-5-7-14(13-9)10-4-2-3-6-12-10/h2-8H,11H2,1H3/t8-/m0/s1. The van der Waals surface area contributed by atoms with Gasteiger partial charge in [-0.15, -0.1) is 0 Å². The number of hydrogen-bond acceptors (Lipinski definition) is 3. The molecule has 0 aliphatic rings. The van der Waals surface area contributed by atoms with E-state index in [9.17, 15) is 0 Å². The highest BCUT2D eigenvalue weighted by Crippen LogP contribution is 2.08. The molecule has 72 valence electrons. The zero-order valence-electron chi connectivity index (χ0n) is 7.96. The summed E-state index contributed by atoms with van der Waals surface area (Å²) in [6.45, 7) is 1.91. The Hall–Kier alpha value is -1.68. The van der Waals surface area contributed by atoms with Crippen LogP contribution in [0.15, 0.2) is 36.7 Å². The molecule has 0 spiro atoms. The van der Waals surface area contributed by atoms with E-state index < -0.39 is 0 Å². The SMILES string of the molecule is C[C@H](N)c1ccn(-c2ccccn2)n1. The van der Waals surface area contributed by atoms with E-state index in [2.05, 4.69) is 10.1 Å². The zero-order valence-corrected chi connectivity index (χ0v) is 7.96. The number of nitrogens with zero attached hydrogens (tertiary/aromatic N) is 3. The van der Waals surface area contributed by atoms with E-state index in [-0.39, 0.29) is 6.04 Å². The molecule has 0 saturated carbocycles. The third-order valence-corrected chi connectivity index (χ3v) is 1.96. The Morgan fingerprint density at radius 2 is 2.21 bits per heavy atom. The van der Waals surface area contributed by atoms with Gasteiger partial charge in [0.1, 0.15) is 0 Å². The van der Waals surface area contributed by atoms with Gasteiger partial charge >= 0.3 is 0 Å². The lowest BCUT2D eigenvalue weighted by molar-refractivity contribution is 0.735. The first-order valence-corrected chi connectivity index (χ1v) is 4.50. The van der Waals surface area contributed by atoms with Crippen LogP contribution in [0.25, 0.3) is 5.82 Å². The highest BCUT2D eigenvalue weighted by Gasteiger charge is 2.04. The fourth-order valence-electron chi connectivity index (χ4n) is 1.20. The quantitative estimate of drug-likeness (QED) is 0.772. The molecule has 0 unspecified atom stereocenters. The molecule has 2 aromatic heterocycles. The van der Waals surface area contributed by atoms with Crippen LogP contribution in [0.4, 0.5) is 0 Å². The summed E-state index contributed by atoms with van der Waals surface area (Å²) >= 11 is 0. The van der Waals surface area contributed by atoms with E-state index in [0.29, 0.717) is 0 Å². The Kier molecular flexibility index (Phi) is 2.28. The second-order valence-corrected chi connectivity index (χ2v) is 3.16. The molecule has 2 N–H and O–H groups in total. The zero-order chi connectivity index (χ0) is 9.97. The summed E-state index contributed by atoms with van der Waals surface area (Å²) in [5.74, 6) is 0.805. The molecule has 2 heterocycles. The van der Waals surface area contributed by atoms with Gasteiger partial charge in [-0.25, -0.2) is 9.67 Å². The number of hydrogen-bond donors (Lipinski definition) is 1. The lowest BCUT2D eigenvalue weighted by atomic mass is 10.3. The van der Waals surface area contributed by atoms with E-state index in [0.717, 1.165) is 11.5 Å². The van der Waals surface area contributed by atoms with Gasteiger partial charge in [-0.2, -0.15) is 5.10 Å². The fourth-order valence-corrected chi connectivity index (χ4v) is 1.20. The Bertz CT molecular complexity index is 405. The van der Waals surface area contributed by atoms with E-state index in [1.807, 2.05) is 37.4 Å². The van der Waals surface area contributed by atoms with Gasteiger partial charge in [-0.05, 0) is 25.1 Å². The van der Waals surface area contributed by atoms with Crippen molar-refractivity contribution in [2.45, 2.75) is 13.0 Å². The number of rotatable bonds is 2. The molecule has 2 rings (SSSR count). The van der Waals surface area contributed by atoms with E-state index in [1.165, 1.54) is 0 Å². The molecule has 0 radical (unpaired) electrons. The van der Waals surface area contributed by atoms with Crippen LogP contribution in [0.2, 0.25) is 0 Å². The second kappa shape index (κ2) is 3.59. The topological polar surface area (TPSA) is 56.7 Å². The smallest absolute Gasteiger partial charge is 0.153 e. The largest absolute Gasteiger partial charge is 0.323 e. The summed E-state index contributed by atoms with van der Waals surface area (Å²) in [4.78, 5) is 4.18. The Morgan fingerprint density at radius 3 is 2.79 bits per heavy atom. The molecule has 4 nitrogen and oxygen atoms in total. The van der Waals surface area contributed by atoms with Crippen molar-refractivity contribution in [1.29, 1.82) is 0 Å². The lowest BCUT2D eigenvalue weighted by Gasteiger charge is -2.00. The number of aromatic nitrogens is 3. The maximum atomic E-state index is 5.71. The number of nitrogens with two attached hydrogens (primary N) is 1. The van der Waals surface area contributed by atoms with E-state index in [1.54, 1.807) is 10.9 Å². The van der Waals surface area contributed by atoms with Gasteiger partial charge in [0.25, 0.3) is 0 Å². The predicted molar refractivity (Wildman–Crippen MR) is 54.0 cm³/mol. The van der Waals surface area contributed by atoms with Crippen molar-refractivity contribution < 1.29 is 0 Å². The average Bonchev–Trinajstić information content (AvgIpc) is 2.68. The molecule has 0 bridgehead atoms. The van der Waals surface area contributed by atoms with Crippen molar-refractivity contribution in [2.75, 3.05) is 0 Å². The van der Waals surface area contributed by atoms with Gasteiger partial charge < -0.3 is 5.73 Å². The first-order chi connectivity index (χ1) is 6.77. The molecule has 1 atom stereocenters. The Labute approximate surface area is 82.4 Å². The molecular formula is C10H12N4. The first kappa shape index (κ1) is 8.90. The van der Waals surface area contributed by atoms with Gasteiger partial charge in [0.15, 0.2) is 5.82 Å². The van der Waals surface area contributed by atoms with Crippen LogP contribution in [-0.4, -0.2) is 14.8 Å². The van der Waals surface area contributed by atoms with Crippen LogP contribution in [0.5, 0.6) is 0 Å². The van der Waals surface area contributed by atoms with Gasteiger partial charge in [0.2, 0.25) is 0 Å². The van der Waals surface area contributed by atoms with E-state index >= 15 is 0 Å². The summed E-state index contributed by atoms with van der Waals surface area (Å²) in [7, 11) is 0. The van der Waals surface area contributed by atoms with Crippen molar-refractivity contribution in [3.05, 3.63) is 42.4 Å². The molecule has 14 heavy (non-hydrogen) atoms. The molecule has 0 aromatic carbocycles. The van der Waals surface area contributed by atoms with Crippen molar-refractivity contribution in [2.24, 2.45) is 5.73 Å². The fraction of sp³-hybridized carbons (Fsp3) is 0.200. The van der Waals surface area contributed by atoms with Crippen LogP contribution >= 0.6 is 0 Å². The van der Waals surface area contributed by atoms with Crippen molar-refractivity contribution >= 4 is 0 Å². The third kappa shape index (κ3) is 1.65. The highest BCUT2D eigenvalue weighted by atomic mass is 15.3. The normalized spacial score (nSPS) is 12.7. The monoisotopic (exact) mass is 188 g/mol. The molecule has 0 aliphatic carbocycles. The molecular weight excluding hydrogens is 176 g/mol. The first-order valence-electron chi connectivity index (χ1n) is 4.50. The molecule has 0 fully saturated rings. The van der Waals surface area contributed by atoms with Crippen LogP contribution < -0.4 is 5.73 Å². The predicted octanol–water partition coefficient (Wildman–Crippen LogP) is 1.29. The minimum absolute atomic E-state index is 0.0417. The van der Waals surface area contributed by atoms with Gasteiger partial charge in [0.05, 0.1) is 5.69 Å². The van der Waals surface area contributed by atoms with E-state index in [4.69, 9.17) is 5.73 Å². The Balaban J connectivity index is 2.34. The molecule has 2 aromatic rings. The minimum atomic E-state index is -0.0417. The summed E-state index contributed by atoms with van der Waals surface area (Å²) in [5, 5.41) is 4.31. The van der Waals surface area contributed by atoms with Crippen molar-refractivity contribution in [3.63, 3.8) is 0 Å². The van der Waals surface area contributed by atoms with Gasteiger partial charge in [0, 0.05) is 18.4 Å². The maximum absolute atomic E-state index is 5.71.